The van der Waals surface area contributed by atoms with Crippen LogP contribution in [0.15, 0.2) is 36.6 Å². The van der Waals surface area contributed by atoms with Gasteiger partial charge in [0.15, 0.2) is 5.78 Å². The second-order valence-corrected chi connectivity index (χ2v) is 3.02. The third-order valence-electron chi connectivity index (χ3n) is 1.87. The van der Waals surface area contributed by atoms with Crippen LogP contribution in [0.2, 0.25) is 0 Å². The number of carbonyl (C=O) groups excluding carboxylic acids is 2. The summed E-state index contributed by atoms with van der Waals surface area (Å²) in [6, 6.07) is 6.62. The summed E-state index contributed by atoms with van der Waals surface area (Å²) in [6.45, 7) is 1.49. The number of benzene rings is 1. The lowest BCUT2D eigenvalue weighted by atomic mass is 10.1. The first-order chi connectivity index (χ1) is 7.63. The summed E-state index contributed by atoms with van der Waals surface area (Å²) >= 11 is 0. The maximum absolute atomic E-state index is 11.0. The van der Waals surface area contributed by atoms with Crippen LogP contribution < -0.4 is 4.74 Å². The smallest absolute Gasteiger partial charge is 0.333 e. The summed E-state index contributed by atoms with van der Waals surface area (Å²) in [4.78, 5) is 21.7. The van der Waals surface area contributed by atoms with Gasteiger partial charge in [0.1, 0.15) is 5.75 Å². The Kier molecular flexibility index (Phi) is 4.27. The van der Waals surface area contributed by atoms with Crippen LogP contribution in [0.1, 0.15) is 17.3 Å². The number of esters is 1. The van der Waals surface area contributed by atoms with E-state index in [1.165, 1.54) is 26.4 Å². The molecule has 1 aromatic carbocycles. The fourth-order valence-electron chi connectivity index (χ4n) is 1.00. The van der Waals surface area contributed by atoms with Gasteiger partial charge in [-0.1, -0.05) is 0 Å². The van der Waals surface area contributed by atoms with Gasteiger partial charge in [-0.25, -0.2) is 4.79 Å². The second kappa shape index (κ2) is 5.70. The Bertz CT molecular complexity index is 404. The van der Waals surface area contributed by atoms with Gasteiger partial charge in [-0.05, 0) is 31.2 Å². The molecule has 16 heavy (non-hydrogen) atoms. The van der Waals surface area contributed by atoms with Gasteiger partial charge < -0.3 is 9.47 Å². The van der Waals surface area contributed by atoms with Gasteiger partial charge in [0, 0.05) is 5.56 Å². The highest BCUT2D eigenvalue weighted by Crippen LogP contribution is 2.12. The largest absolute Gasteiger partial charge is 0.466 e. The lowest BCUT2D eigenvalue weighted by Crippen LogP contribution is -1.95. The highest BCUT2D eigenvalue weighted by molar-refractivity contribution is 5.94. The van der Waals surface area contributed by atoms with Crippen LogP contribution in [-0.2, 0) is 9.53 Å². The van der Waals surface area contributed by atoms with Crippen molar-refractivity contribution in [3.8, 4) is 5.75 Å². The number of Topliss-reactive ketones (excluding diaryl/α,β-unsaturated/α-hetero) is 1. The fraction of sp³-hybridized carbons (Fsp3) is 0.167. The molecule has 1 rings (SSSR count). The van der Waals surface area contributed by atoms with Crippen LogP contribution in [-0.4, -0.2) is 18.9 Å². The molecule has 0 unspecified atom stereocenters. The van der Waals surface area contributed by atoms with Crippen molar-refractivity contribution in [3.05, 3.63) is 42.2 Å². The van der Waals surface area contributed by atoms with Crippen molar-refractivity contribution in [3.63, 3.8) is 0 Å². The van der Waals surface area contributed by atoms with Crippen molar-refractivity contribution < 1.29 is 19.1 Å². The zero-order valence-corrected chi connectivity index (χ0v) is 9.10. The van der Waals surface area contributed by atoms with Crippen LogP contribution >= 0.6 is 0 Å². The normalized spacial score (nSPS) is 10.1. The van der Waals surface area contributed by atoms with Crippen molar-refractivity contribution in [2.45, 2.75) is 6.92 Å². The molecule has 84 valence electrons. The number of methoxy groups -OCH3 is 1. The molecule has 0 aliphatic heterocycles. The summed E-state index contributed by atoms with van der Waals surface area (Å²) in [5.74, 6) is 0.0576. The number of ether oxygens (including phenoxy) is 2. The molecule has 0 fully saturated rings. The molecule has 0 aliphatic carbocycles. The van der Waals surface area contributed by atoms with Crippen LogP contribution in [0.4, 0.5) is 0 Å². The minimum absolute atomic E-state index is 0.00310. The first-order valence-corrected chi connectivity index (χ1v) is 4.65. The summed E-state index contributed by atoms with van der Waals surface area (Å²) in [5, 5.41) is 0. The zero-order chi connectivity index (χ0) is 12.0. The van der Waals surface area contributed by atoms with Gasteiger partial charge in [-0.2, -0.15) is 0 Å². The SMILES string of the molecule is COC(=O)/C=C/Oc1ccc(C(C)=O)cc1. The van der Waals surface area contributed by atoms with Gasteiger partial charge in [0.2, 0.25) is 0 Å². The van der Waals surface area contributed by atoms with E-state index in [1.807, 2.05) is 0 Å². The molecule has 4 heteroatoms. The predicted octanol–water partition coefficient (Wildman–Crippen LogP) is 1.95. The number of carbonyl (C=O) groups is 2. The quantitative estimate of drug-likeness (QED) is 0.337. The Hall–Kier alpha value is -2.10. The molecule has 0 heterocycles. The van der Waals surface area contributed by atoms with E-state index >= 15 is 0 Å². The second-order valence-electron chi connectivity index (χ2n) is 3.02. The van der Waals surface area contributed by atoms with E-state index < -0.39 is 5.97 Å². The van der Waals surface area contributed by atoms with Crippen LogP contribution in [0, 0.1) is 0 Å². The summed E-state index contributed by atoms with van der Waals surface area (Å²) < 4.78 is 9.51. The van der Waals surface area contributed by atoms with Gasteiger partial charge >= 0.3 is 5.97 Å². The Balaban J connectivity index is 2.59. The Morgan fingerprint density at radius 2 is 1.81 bits per heavy atom. The Labute approximate surface area is 93.5 Å². The number of ketones is 1. The Morgan fingerprint density at radius 3 is 2.31 bits per heavy atom. The van der Waals surface area contributed by atoms with Crippen LogP contribution in [0.25, 0.3) is 0 Å². The zero-order valence-electron chi connectivity index (χ0n) is 9.10. The van der Waals surface area contributed by atoms with E-state index in [2.05, 4.69) is 4.74 Å². The minimum atomic E-state index is -0.486. The average molecular weight is 220 g/mol. The molecule has 0 N–H and O–H groups in total. The third kappa shape index (κ3) is 3.57. The lowest BCUT2D eigenvalue weighted by molar-refractivity contribution is -0.134. The fourth-order valence-corrected chi connectivity index (χ4v) is 1.00. The molecule has 0 aliphatic rings. The van der Waals surface area contributed by atoms with E-state index in [0.717, 1.165) is 0 Å². The molecule has 4 nitrogen and oxygen atoms in total. The monoisotopic (exact) mass is 220 g/mol. The molecule has 0 bridgehead atoms. The maximum atomic E-state index is 11.0. The summed E-state index contributed by atoms with van der Waals surface area (Å²) in [6.07, 6.45) is 2.40. The summed E-state index contributed by atoms with van der Waals surface area (Å²) in [7, 11) is 1.29. The van der Waals surface area contributed by atoms with Gasteiger partial charge in [-0.15, -0.1) is 0 Å². The van der Waals surface area contributed by atoms with E-state index in [4.69, 9.17) is 4.74 Å². The standard InChI is InChI=1S/C12H12O4/c1-9(13)10-3-5-11(6-4-10)16-8-7-12(14)15-2/h3-8H,1-2H3/b8-7+. The molecular formula is C12H12O4. The van der Waals surface area contributed by atoms with Crippen LogP contribution in [0.3, 0.4) is 0 Å². The molecule has 0 saturated carbocycles. The minimum Gasteiger partial charge on any atom is -0.466 e. The maximum Gasteiger partial charge on any atom is 0.333 e. The molecule has 0 radical (unpaired) electrons. The average Bonchev–Trinajstić information content (AvgIpc) is 2.29. The third-order valence-corrected chi connectivity index (χ3v) is 1.87. The van der Waals surface area contributed by atoms with Crippen molar-refractivity contribution in [1.29, 1.82) is 0 Å². The van der Waals surface area contributed by atoms with Gasteiger partial charge in [0.25, 0.3) is 0 Å². The number of rotatable bonds is 4. The first kappa shape index (κ1) is 12.0. The van der Waals surface area contributed by atoms with E-state index in [-0.39, 0.29) is 5.78 Å². The molecule has 0 aromatic heterocycles. The van der Waals surface area contributed by atoms with Gasteiger partial charge in [0.05, 0.1) is 19.4 Å². The van der Waals surface area contributed by atoms with E-state index in [1.54, 1.807) is 24.3 Å². The van der Waals surface area contributed by atoms with Crippen molar-refractivity contribution >= 4 is 11.8 Å². The Morgan fingerprint density at radius 1 is 1.19 bits per heavy atom. The van der Waals surface area contributed by atoms with Crippen molar-refractivity contribution in [2.24, 2.45) is 0 Å². The molecule has 0 amide bonds. The number of hydrogen-bond donors (Lipinski definition) is 0. The summed E-state index contributed by atoms with van der Waals surface area (Å²) in [5.41, 5.74) is 0.615. The van der Waals surface area contributed by atoms with Crippen molar-refractivity contribution in [2.75, 3.05) is 7.11 Å². The molecular weight excluding hydrogens is 208 g/mol. The molecule has 0 atom stereocenters. The van der Waals surface area contributed by atoms with Crippen LogP contribution in [0.5, 0.6) is 5.75 Å². The highest BCUT2D eigenvalue weighted by Gasteiger charge is 1.98. The first-order valence-electron chi connectivity index (χ1n) is 4.65. The topological polar surface area (TPSA) is 52.6 Å². The lowest BCUT2D eigenvalue weighted by Gasteiger charge is -2.00. The highest BCUT2D eigenvalue weighted by atomic mass is 16.5. The molecule has 0 spiro atoms. The number of hydrogen-bond acceptors (Lipinski definition) is 4. The van der Waals surface area contributed by atoms with Gasteiger partial charge in [-0.3, -0.25) is 4.79 Å². The van der Waals surface area contributed by atoms with E-state index in [0.29, 0.717) is 11.3 Å². The van der Waals surface area contributed by atoms with Crippen molar-refractivity contribution in [1.82, 2.24) is 0 Å². The molecule has 1 aromatic rings. The predicted molar refractivity (Wildman–Crippen MR) is 58.2 cm³/mol. The van der Waals surface area contributed by atoms with E-state index in [9.17, 15) is 9.59 Å². The molecule has 0 saturated heterocycles.